The second kappa shape index (κ2) is 12.1. The van der Waals surface area contributed by atoms with Crippen molar-refractivity contribution in [1.29, 1.82) is 0 Å². The lowest BCUT2D eigenvalue weighted by Gasteiger charge is -2.43. The van der Waals surface area contributed by atoms with Gasteiger partial charge in [0, 0.05) is 19.3 Å². The molecule has 0 spiro atoms. The summed E-state index contributed by atoms with van der Waals surface area (Å²) in [7, 11) is -3.96. The molecule has 1 aliphatic heterocycles. The van der Waals surface area contributed by atoms with Gasteiger partial charge in [-0.25, -0.2) is 18.3 Å². The highest BCUT2D eigenvalue weighted by molar-refractivity contribution is 7.84. The average molecular weight is 579 g/mol. The number of nitrogens with zero attached hydrogens (tertiary/aromatic N) is 2. The van der Waals surface area contributed by atoms with Crippen LogP contribution >= 0.6 is 0 Å². The zero-order valence-electron chi connectivity index (χ0n) is 24.8. The quantitative estimate of drug-likeness (QED) is 0.246. The summed E-state index contributed by atoms with van der Waals surface area (Å²) in [6, 6.07) is 22.9. The van der Waals surface area contributed by atoms with E-state index in [1.807, 2.05) is 37.2 Å². The fraction of sp³-hybridized carbons (Fsp3) is 0.438. The minimum atomic E-state index is -2.70. The molecule has 8 heteroatoms. The third-order valence-electron chi connectivity index (χ3n) is 7.41. The van der Waals surface area contributed by atoms with Crippen LogP contribution in [0.25, 0.3) is 0 Å². The summed E-state index contributed by atoms with van der Waals surface area (Å²) in [6.07, 6.45) is 2.41. The number of rotatable bonds is 9. The lowest BCUT2D eigenvalue weighted by molar-refractivity contribution is 0.0519. The summed E-state index contributed by atoms with van der Waals surface area (Å²) in [5, 5.41) is 2.33. The smallest absolute Gasteiger partial charge is 0.356 e. The summed E-state index contributed by atoms with van der Waals surface area (Å²) in [6.45, 7) is 15.8. The number of aromatic nitrogens is 1. The van der Waals surface area contributed by atoms with E-state index in [4.69, 9.17) is 9.16 Å². The van der Waals surface area contributed by atoms with E-state index in [-0.39, 0.29) is 16.8 Å². The first-order valence-electron chi connectivity index (χ1n) is 14.0. The summed E-state index contributed by atoms with van der Waals surface area (Å²) in [5.41, 5.74) is 2.24. The van der Waals surface area contributed by atoms with Crippen LogP contribution < -0.4 is 10.4 Å². The van der Waals surface area contributed by atoms with Gasteiger partial charge in [-0.1, -0.05) is 81.4 Å². The normalized spacial score (nSPS) is 16.9. The molecule has 0 unspecified atom stereocenters. The third kappa shape index (κ3) is 6.00. The van der Waals surface area contributed by atoms with E-state index >= 15 is 0 Å². The van der Waals surface area contributed by atoms with Crippen molar-refractivity contribution in [2.75, 3.05) is 13.2 Å². The molecule has 6 nitrogen and oxygen atoms in total. The molecular formula is C32H42N2O4SSi. The molecule has 0 saturated heterocycles. The maximum absolute atomic E-state index is 13.7. The van der Waals surface area contributed by atoms with E-state index in [2.05, 4.69) is 74.3 Å². The molecule has 0 N–H and O–H groups in total. The number of benzene rings is 2. The van der Waals surface area contributed by atoms with Gasteiger partial charge >= 0.3 is 5.97 Å². The molecule has 1 aromatic heterocycles. The van der Waals surface area contributed by atoms with Crippen LogP contribution in [-0.2, 0) is 26.7 Å². The zero-order chi connectivity index (χ0) is 29.1. The lowest BCUT2D eigenvalue weighted by Crippen LogP contribution is -2.66. The van der Waals surface area contributed by atoms with E-state index in [1.54, 1.807) is 19.2 Å². The van der Waals surface area contributed by atoms with Crippen LogP contribution in [-0.4, -0.2) is 45.7 Å². The highest BCUT2D eigenvalue weighted by Crippen LogP contribution is 2.41. The zero-order valence-corrected chi connectivity index (χ0v) is 26.6. The maximum atomic E-state index is 13.7. The molecule has 3 aromatic rings. The van der Waals surface area contributed by atoms with Gasteiger partial charge in [0.05, 0.1) is 17.4 Å². The van der Waals surface area contributed by atoms with Gasteiger partial charge in [0.25, 0.3) is 8.32 Å². The summed E-state index contributed by atoms with van der Waals surface area (Å²) in [4.78, 5) is 16.8. The van der Waals surface area contributed by atoms with Crippen molar-refractivity contribution in [3.63, 3.8) is 0 Å². The monoisotopic (exact) mass is 578 g/mol. The summed E-state index contributed by atoms with van der Waals surface area (Å²) < 4.78 is 27.7. The molecule has 0 fully saturated rings. The summed E-state index contributed by atoms with van der Waals surface area (Å²) in [5.74, 6) is -0.438. The molecule has 2 atom stereocenters. The third-order valence-corrected chi connectivity index (χ3v) is 14.3. The molecule has 0 radical (unpaired) electrons. The van der Waals surface area contributed by atoms with Crippen molar-refractivity contribution >= 4 is 35.6 Å². The van der Waals surface area contributed by atoms with Crippen LogP contribution in [0.5, 0.6) is 0 Å². The fourth-order valence-corrected chi connectivity index (χ4v) is 11.6. The van der Waals surface area contributed by atoms with Crippen LogP contribution in [0.2, 0.25) is 5.04 Å². The molecule has 0 amide bonds. The van der Waals surface area contributed by atoms with Crippen LogP contribution in [0.3, 0.4) is 0 Å². The Balaban J connectivity index is 1.70. The Morgan fingerprint density at radius 3 is 2.08 bits per heavy atom. The van der Waals surface area contributed by atoms with Crippen molar-refractivity contribution in [3.8, 4) is 0 Å². The van der Waals surface area contributed by atoms with Crippen molar-refractivity contribution in [1.82, 2.24) is 9.29 Å². The minimum Gasteiger partial charge on any atom is -0.461 e. The van der Waals surface area contributed by atoms with Crippen molar-refractivity contribution in [3.05, 3.63) is 89.7 Å². The fourth-order valence-electron chi connectivity index (χ4n) is 5.61. The first-order chi connectivity index (χ1) is 18.9. The number of hydrogen-bond acceptors (Lipinski definition) is 5. The molecule has 214 valence electrons. The van der Waals surface area contributed by atoms with Gasteiger partial charge in [0.15, 0.2) is 0 Å². The van der Waals surface area contributed by atoms with Gasteiger partial charge in [-0.2, -0.15) is 0 Å². The topological polar surface area (TPSA) is 68.7 Å². The van der Waals surface area contributed by atoms with E-state index in [9.17, 15) is 9.00 Å². The SMILES string of the molecule is CCOC(=O)c1cc2c(cn1)[C@@H](CCO[Si](c1ccccc1)(c1ccccc1)C(C)(C)C)N([S@](=O)C(C)(C)C)C2. The van der Waals surface area contributed by atoms with E-state index < -0.39 is 30.0 Å². The van der Waals surface area contributed by atoms with Gasteiger partial charge in [0.1, 0.15) is 16.7 Å². The Morgan fingerprint density at radius 1 is 1.00 bits per heavy atom. The molecule has 0 saturated carbocycles. The van der Waals surface area contributed by atoms with Crippen molar-refractivity contribution < 1.29 is 18.2 Å². The highest BCUT2D eigenvalue weighted by atomic mass is 32.2. The first-order valence-corrected chi connectivity index (χ1v) is 17.0. The molecule has 4 rings (SSSR count). The second-order valence-corrected chi connectivity index (χ2v) is 18.7. The minimum absolute atomic E-state index is 0.132. The van der Waals surface area contributed by atoms with Crippen molar-refractivity contribution in [2.45, 2.75) is 77.3 Å². The molecule has 2 aromatic carbocycles. The van der Waals surface area contributed by atoms with Gasteiger partial charge < -0.3 is 9.16 Å². The van der Waals surface area contributed by atoms with Crippen LogP contribution in [0, 0.1) is 0 Å². The predicted octanol–water partition coefficient (Wildman–Crippen LogP) is 5.54. The second-order valence-electron chi connectivity index (χ2n) is 12.2. The molecule has 40 heavy (non-hydrogen) atoms. The van der Waals surface area contributed by atoms with Gasteiger partial charge in [-0.3, -0.25) is 0 Å². The predicted molar refractivity (Wildman–Crippen MR) is 165 cm³/mol. The van der Waals surface area contributed by atoms with E-state index in [0.717, 1.165) is 11.1 Å². The number of carbonyl (C=O) groups is 1. The Labute approximate surface area is 242 Å². The number of ether oxygens (including phenoxy) is 1. The number of hydrogen-bond donors (Lipinski definition) is 0. The van der Waals surface area contributed by atoms with Crippen molar-refractivity contribution in [2.24, 2.45) is 0 Å². The summed E-state index contributed by atoms with van der Waals surface area (Å²) >= 11 is 0. The van der Waals surface area contributed by atoms with Gasteiger partial charge in [0.2, 0.25) is 0 Å². The maximum Gasteiger partial charge on any atom is 0.356 e. The number of carbonyl (C=O) groups excluding carboxylic acids is 1. The molecule has 1 aliphatic rings. The Morgan fingerprint density at radius 2 is 1.57 bits per heavy atom. The molecular weight excluding hydrogens is 537 g/mol. The van der Waals surface area contributed by atoms with Crippen LogP contribution in [0.15, 0.2) is 72.9 Å². The van der Waals surface area contributed by atoms with Gasteiger partial charge in [-0.05, 0) is 66.7 Å². The Hall–Kier alpha value is -2.65. The molecule has 0 bridgehead atoms. The lowest BCUT2D eigenvalue weighted by atomic mass is 10.0. The highest BCUT2D eigenvalue weighted by Gasteiger charge is 2.50. The standard InChI is InChI=1S/C32H42N2O4SSi/c1-8-37-30(35)28-21-24-23-34(39(36)31(2,3)4)29(27(24)22-33-28)19-20-38-40(32(5,6)7,25-15-11-9-12-16-25)26-17-13-10-14-18-26/h9-18,21-22,29H,8,19-20,23H2,1-7H3/t29-,39-/m1/s1. The van der Waals surface area contributed by atoms with E-state index in [0.29, 0.717) is 26.2 Å². The largest absolute Gasteiger partial charge is 0.461 e. The Bertz CT molecular complexity index is 1300. The molecule has 0 aliphatic carbocycles. The number of esters is 1. The van der Waals surface area contributed by atoms with Crippen LogP contribution in [0.1, 0.15) is 82.5 Å². The number of fused-ring (bicyclic) bond motifs is 1. The van der Waals surface area contributed by atoms with E-state index in [1.165, 1.54) is 10.4 Å². The average Bonchev–Trinajstić information content (AvgIpc) is 3.28. The number of pyridine rings is 1. The van der Waals surface area contributed by atoms with Crippen LogP contribution in [0.4, 0.5) is 0 Å². The molecule has 2 heterocycles. The van der Waals surface area contributed by atoms with Gasteiger partial charge in [-0.15, -0.1) is 0 Å². The first kappa shape index (κ1) is 30.3. The Kier molecular flexibility index (Phi) is 9.14.